The second kappa shape index (κ2) is 5.04. The molecule has 16 heavy (non-hydrogen) atoms. The minimum absolute atomic E-state index is 0.628. The first-order chi connectivity index (χ1) is 6.89. The summed E-state index contributed by atoms with van der Waals surface area (Å²) in [5.41, 5.74) is 0. The van der Waals surface area contributed by atoms with E-state index in [9.17, 15) is 17.4 Å². The molecule has 0 saturated heterocycles. The fourth-order valence-corrected chi connectivity index (χ4v) is 2.97. The third-order valence-corrected chi connectivity index (χ3v) is 3.94. The molecule has 0 aliphatic rings. The molecule has 0 aliphatic carbocycles. The van der Waals surface area contributed by atoms with Gasteiger partial charge in [0.05, 0.1) is 4.75 Å². The van der Waals surface area contributed by atoms with Crippen molar-refractivity contribution in [2.45, 2.75) is 51.6 Å². The Morgan fingerprint density at radius 1 is 1.12 bits per heavy atom. The zero-order chi connectivity index (χ0) is 13.3. The van der Waals surface area contributed by atoms with E-state index in [1.165, 1.54) is 20.9 Å². The van der Waals surface area contributed by atoms with E-state index in [0.29, 0.717) is 0 Å². The van der Waals surface area contributed by atoms with Crippen LogP contribution in [0.4, 0.5) is 13.2 Å². The van der Waals surface area contributed by atoms with Crippen LogP contribution in [0.1, 0.15) is 34.6 Å². The first-order valence-corrected chi connectivity index (χ1v) is 6.21. The van der Waals surface area contributed by atoms with Gasteiger partial charge in [-0.15, -0.1) is 0 Å². The van der Waals surface area contributed by atoms with Gasteiger partial charge >= 0.3 is 6.18 Å². The first kappa shape index (κ1) is 15.9. The quantitative estimate of drug-likeness (QED) is 0.763. The van der Waals surface area contributed by atoms with Crippen LogP contribution >= 0.6 is 0 Å². The Balaban J connectivity index is 5.06. The Kier molecular flexibility index (Phi) is 5.01. The van der Waals surface area contributed by atoms with E-state index in [1.807, 2.05) is 0 Å². The molecule has 0 saturated carbocycles. The molecule has 2 nitrogen and oxygen atoms in total. The summed E-state index contributed by atoms with van der Waals surface area (Å²) in [5.74, 6) is -0.628. The lowest BCUT2D eigenvalue weighted by Gasteiger charge is -2.35. The summed E-state index contributed by atoms with van der Waals surface area (Å²) in [6.45, 7) is 7.94. The van der Waals surface area contributed by atoms with Gasteiger partial charge in [0.15, 0.2) is 0 Å². The number of nitrogens with zero attached hydrogens (tertiary/aromatic N) is 1. The van der Waals surface area contributed by atoms with E-state index >= 15 is 0 Å². The van der Waals surface area contributed by atoms with Crippen LogP contribution in [0.2, 0.25) is 0 Å². The lowest BCUT2D eigenvalue weighted by Crippen LogP contribution is -2.51. The Morgan fingerprint density at radius 3 is 1.69 bits per heavy atom. The fourth-order valence-electron chi connectivity index (χ4n) is 1.54. The van der Waals surface area contributed by atoms with E-state index in [0.717, 1.165) is 4.31 Å². The SMILES string of the molecule is CC(C)C(N(C)S(=O)C(C)(C)C)C(F)(F)F. The lowest BCUT2D eigenvalue weighted by atomic mass is 10.0. The molecule has 0 aromatic carbocycles. The zero-order valence-corrected chi connectivity index (χ0v) is 11.4. The highest BCUT2D eigenvalue weighted by molar-refractivity contribution is 7.84. The van der Waals surface area contributed by atoms with Crippen LogP contribution in [0, 0.1) is 5.92 Å². The average molecular weight is 259 g/mol. The van der Waals surface area contributed by atoms with Gasteiger partial charge in [-0.25, -0.2) is 8.51 Å². The molecule has 0 fully saturated rings. The predicted molar refractivity (Wildman–Crippen MR) is 60.3 cm³/mol. The summed E-state index contributed by atoms with van der Waals surface area (Å²) >= 11 is 0. The number of alkyl halides is 3. The maximum Gasteiger partial charge on any atom is 0.405 e. The summed E-state index contributed by atoms with van der Waals surface area (Å²) in [5, 5.41) is 0. The van der Waals surface area contributed by atoms with Crippen molar-refractivity contribution in [1.29, 1.82) is 0 Å². The number of rotatable bonds is 3. The molecule has 0 N–H and O–H groups in total. The van der Waals surface area contributed by atoms with Gasteiger partial charge in [0.25, 0.3) is 0 Å². The number of halogens is 3. The topological polar surface area (TPSA) is 20.3 Å². The van der Waals surface area contributed by atoms with E-state index in [-0.39, 0.29) is 0 Å². The normalized spacial score (nSPS) is 17.9. The van der Waals surface area contributed by atoms with Crippen molar-refractivity contribution in [3.63, 3.8) is 0 Å². The van der Waals surface area contributed by atoms with E-state index in [2.05, 4.69) is 0 Å². The van der Waals surface area contributed by atoms with Crippen LogP contribution in [0.25, 0.3) is 0 Å². The first-order valence-electron chi connectivity index (χ1n) is 5.10. The minimum atomic E-state index is -4.36. The molecule has 0 radical (unpaired) electrons. The fraction of sp³-hybridized carbons (Fsp3) is 1.00. The van der Waals surface area contributed by atoms with E-state index < -0.39 is 33.9 Å². The zero-order valence-electron chi connectivity index (χ0n) is 10.6. The Labute approximate surface area is 97.8 Å². The van der Waals surface area contributed by atoms with Crippen molar-refractivity contribution in [2.75, 3.05) is 7.05 Å². The van der Waals surface area contributed by atoms with Crippen LogP contribution in [0.15, 0.2) is 0 Å². The smallest absolute Gasteiger partial charge is 0.242 e. The van der Waals surface area contributed by atoms with Gasteiger partial charge in [-0.3, -0.25) is 0 Å². The molecule has 6 heteroatoms. The van der Waals surface area contributed by atoms with Gasteiger partial charge in [-0.1, -0.05) is 13.8 Å². The largest absolute Gasteiger partial charge is 0.405 e. The van der Waals surface area contributed by atoms with Gasteiger partial charge in [-0.05, 0) is 26.7 Å². The predicted octanol–water partition coefficient (Wildman–Crippen LogP) is 2.97. The molecule has 0 amide bonds. The molecule has 2 unspecified atom stereocenters. The monoisotopic (exact) mass is 259 g/mol. The minimum Gasteiger partial charge on any atom is -0.242 e. The van der Waals surface area contributed by atoms with Crippen molar-refractivity contribution in [1.82, 2.24) is 4.31 Å². The second-order valence-electron chi connectivity index (χ2n) is 5.14. The summed E-state index contributed by atoms with van der Waals surface area (Å²) in [6, 6.07) is -1.67. The van der Waals surface area contributed by atoms with Crippen molar-refractivity contribution >= 4 is 11.0 Å². The second-order valence-corrected chi connectivity index (χ2v) is 7.44. The molecule has 0 aliphatic heterocycles. The van der Waals surface area contributed by atoms with Crippen LogP contribution in [0.3, 0.4) is 0 Å². The molecule has 0 bridgehead atoms. The third-order valence-electron chi connectivity index (χ3n) is 2.14. The standard InChI is InChI=1S/C10H20F3NOS/c1-7(2)8(10(11,12)13)14(6)16(15)9(3,4)5/h7-8H,1-6H3. The molecular weight excluding hydrogens is 239 g/mol. The average Bonchev–Trinajstić information content (AvgIpc) is 1.97. The van der Waals surface area contributed by atoms with Crippen LogP contribution < -0.4 is 0 Å². The summed E-state index contributed by atoms with van der Waals surface area (Å²) in [7, 11) is -0.402. The molecular formula is C10H20F3NOS. The van der Waals surface area contributed by atoms with Crippen molar-refractivity contribution in [3.8, 4) is 0 Å². The third kappa shape index (κ3) is 4.05. The van der Waals surface area contributed by atoms with E-state index in [4.69, 9.17) is 0 Å². The summed E-state index contributed by atoms with van der Waals surface area (Å²) < 4.78 is 50.5. The van der Waals surface area contributed by atoms with E-state index in [1.54, 1.807) is 20.8 Å². The molecule has 0 heterocycles. The molecule has 0 spiro atoms. The van der Waals surface area contributed by atoms with Gasteiger partial charge in [0.2, 0.25) is 0 Å². The van der Waals surface area contributed by atoms with Gasteiger partial charge in [-0.2, -0.15) is 13.2 Å². The highest BCUT2D eigenvalue weighted by atomic mass is 32.2. The number of hydrogen-bond donors (Lipinski definition) is 0. The Hall–Kier alpha value is -0.100. The van der Waals surface area contributed by atoms with Gasteiger partial charge in [0, 0.05) is 7.05 Å². The highest BCUT2D eigenvalue weighted by Crippen LogP contribution is 2.32. The van der Waals surface area contributed by atoms with Gasteiger partial charge < -0.3 is 0 Å². The Morgan fingerprint density at radius 2 is 1.50 bits per heavy atom. The Bertz CT molecular complexity index is 258. The van der Waals surface area contributed by atoms with Crippen LogP contribution in [-0.2, 0) is 11.0 Å². The molecule has 0 aromatic rings. The van der Waals surface area contributed by atoms with Crippen LogP contribution in [-0.4, -0.2) is 32.5 Å². The maximum atomic E-state index is 12.8. The molecule has 2 atom stereocenters. The van der Waals surface area contributed by atoms with Crippen LogP contribution in [0.5, 0.6) is 0 Å². The maximum absolute atomic E-state index is 12.8. The molecule has 0 aromatic heterocycles. The van der Waals surface area contributed by atoms with Crippen molar-refractivity contribution < 1.29 is 17.4 Å². The van der Waals surface area contributed by atoms with Crippen molar-refractivity contribution in [2.24, 2.45) is 5.92 Å². The van der Waals surface area contributed by atoms with Crippen molar-refractivity contribution in [3.05, 3.63) is 0 Å². The summed E-state index contributed by atoms with van der Waals surface area (Å²) in [6.07, 6.45) is -4.36. The highest BCUT2D eigenvalue weighted by Gasteiger charge is 2.47. The molecule has 0 rings (SSSR count). The number of hydrogen-bond acceptors (Lipinski definition) is 1. The van der Waals surface area contributed by atoms with Gasteiger partial charge in [0.1, 0.15) is 17.0 Å². The molecule has 98 valence electrons. The lowest BCUT2D eigenvalue weighted by molar-refractivity contribution is -0.178. The summed E-state index contributed by atoms with van der Waals surface area (Å²) in [4.78, 5) is 0.